The van der Waals surface area contributed by atoms with Crippen LogP contribution in [0.3, 0.4) is 0 Å². The normalized spacial score (nSPS) is 29.2. The van der Waals surface area contributed by atoms with Crippen LogP contribution < -0.4 is 5.32 Å². The van der Waals surface area contributed by atoms with Crippen molar-refractivity contribution in [1.29, 1.82) is 0 Å². The maximum absolute atomic E-state index is 10.8. The molecule has 1 aliphatic carbocycles. The summed E-state index contributed by atoms with van der Waals surface area (Å²) in [5, 5.41) is 20.4. The third-order valence-corrected chi connectivity index (χ3v) is 3.87. The second-order valence-corrected chi connectivity index (χ2v) is 5.16. The molecule has 2 heterocycles. The van der Waals surface area contributed by atoms with Crippen molar-refractivity contribution in [3.8, 4) is 0 Å². The molecule has 6 nitrogen and oxygen atoms in total. The van der Waals surface area contributed by atoms with Gasteiger partial charge in [0, 0.05) is 25.7 Å². The number of aromatic nitrogens is 2. The Morgan fingerprint density at radius 3 is 2.72 bits per heavy atom. The molecule has 3 atom stereocenters. The van der Waals surface area contributed by atoms with Gasteiger partial charge >= 0.3 is 6.09 Å². The van der Waals surface area contributed by atoms with E-state index in [2.05, 4.69) is 15.5 Å². The number of nitrogens with one attached hydrogen (secondary N) is 1. The number of amides is 1. The average Bonchev–Trinajstić information content (AvgIpc) is 2.81. The molecular weight excluding hydrogens is 256 g/mol. The van der Waals surface area contributed by atoms with Crippen LogP contribution in [0.5, 0.6) is 0 Å². The summed E-state index contributed by atoms with van der Waals surface area (Å²) in [5.41, 5.74) is 0.847. The van der Waals surface area contributed by atoms with Crippen LogP contribution >= 0.6 is 11.6 Å². The summed E-state index contributed by atoms with van der Waals surface area (Å²) in [6.45, 7) is 1.93. The number of hydrogen-bond donors (Lipinski definition) is 2. The first-order chi connectivity index (χ1) is 8.65. The van der Waals surface area contributed by atoms with Gasteiger partial charge < -0.3 is 15.3 Å². The lowest BCUT2D eigenvalue weighted by Gasteiger charge is -2.16. The van der Waals surface area contributed by atoms with Gasteiger partial charge in [-0.25, -0.2) is 4.79 Å². The molecule has 2 aliphatic rings. The Balaban J connectivity index is 1.47. The minimum absolute atomic E-state index is 0.388. The minimum Gasteiger partial charge on any atom is -0.465 e. The molecule has 0 unspecified atom stereocenters. The van der Waals surface area contributed by atoms with E-state index in [0.29, 0.717) is 42.7 Å². The smallest absolute Gasteiger partial charge is 0.407 e. The Morgan fingerprint density at radius 1 is 1.44 bits per heavy atom. The van der Waals surface area contributed by atoms with Crippen molar-refractivity contribution >= 4 is 17.7 Å². The highest BCUT2D eigenvalue weighted by molar-refractivity contribution is 6.29. The highest BCUT2D eigenvalue weighted by atomic mass is 35.5. The van der Waals surface area contributed by atoms with E-state index in [1.54, 1.807) is 6.07 Å². The second kappa shape index (κ2) is 4.37. The molecule has 1 saturated heterocycles. The molecule has 0 radical (unpaired) electrons. The van der Waals surface area contributed by atoms with E-state index in [4.69, 9.17) is 16.7 Å². The third kappa shape index (κ3) is 2.13. The Hall–Kier alpha value is -1.40. The summed E-state index contributed by atoms with van der Waals surface area (Å²) >= 11 is 5.66. The second-order valence-electron chi connectivity index (χ2n) is 4.77. The van der Waals surface area contributed by atoms with Gasteiger partial charge in [-0.1, -0.05) is 11.6 Å². The molecule has 0 aromatic carbocycles. The van der Waals surface area contributed by atoms with Gasteiger partial charge in [-0.3, -0.25) is 0 Å². The van der Waals surface area contributed by atoms with Crippen molar-refractivity contribution in [2.45, 2.75) is 12.6 Å². The van der Waals surface area contributed by atoms with Crippen molar-refractivity contribution in [3.63, 3.8) is 0 Å². The molecule has 1 aliphatic heterocycles. The number of piperidine rings is 1. The van der Waals surface area contributed by atoms with Crippen LogP contribution in [0.25, 0.3) is 0 Å². The quantitative estimate of drug-likeness (QED) is 0.849. The van der Waals surface area contributed by atoms with E-state index in [0.717, 1.165) is 5.69 Å². The molecule has 7 heteroatoms. The number of rotatable bonds is 3. The molecule has 1 amide bonds. The van der Waals surface area contributed by atoms with E-state index >= 15 is 0 Å². The van der Waals surface area contributed by atoms with Crippen LogP contribution in [0.15, 0.2) is 12.1 Å². The van der Waals surface area contributed by atoms with Crippen LogP contribution in [0.2, 0.25) is 5.15 Å². The van der Waals surface area contributed by atoms with Crippen molar-refractivity contribution in [2.24, 2.45) is 11.8 Å². The zero-order valence-corrected chi connectivity index (χ0v) is 10.3. The zero-order valence-electron chi connectivity index (χ0n) is 9.58. The van der Waals surface area contributed by atoms with Gasteiger partial charge in [0.05, 0.1) is 5.69 Å². The Morgan fingerprint density at radius 2 is 2.17 bits per heavy atom. The predicted molar refractivity (Wildman–Crippen MR) is 64.2 cm³/mol. The van der Waals surface area contributed by atoms with E-state index < -0.39 is 6.09 Å². The standard InChI is InChI=1S/C11H13ClN4O2/c12-9-2-1-6(14-15-9)3-13-10-7-4-16(11(17)18)5-8(7)10/h1-2,7-8,10,13H,3-5H2,(H,17,18)/t7-,8+,10-. The van der Waals surface area contributed by atoms with Crippen molar-refractivity contribution < 1.29 is 9.90 Å². The number of carbonyl (C=O) groups is 1. The number of carboxylic acid groups (broad SMARTS) is 1. The monoisotopic (exact) mass is 268 g/mol. The summed E-state index contributed by atoms with van der Waals surface area (Å²) in [6, 6.07) is 3.97. The van der Waals surface area contributed by atoms with Crippen molar-refractivity contribution in [1.82, 2.24) is 20.4 Å². The summed E-state index contributed by atoms with van der Waals surface area (Å²) in [7, 11) is 0. The average molecular weight is 269 g/mol. The lowest BCUT2D eigenvalue weighted by Crippen LogP contribution is -2.34. The maximum Gasteiger partial charge on any atom is 0.407 e. The highest BCUT2D eigenvalue weighted by Gasteiger charge is 2.56. The van der Waals surface area contributed by atoms with Crippen LogP contribution in [0.4, 0.5) is 4.79 Å². The third-order valence-electron chi connectivity index (χ3n) is 3.67. The number of nitrogens with zero attached hydrogens (tertiary/aromatic N) is 3. The van der Waals surface area contributed by atoms with Crippen LogP contribution in [0, 0.1) is 11.8 Å². The first-order valence-corrected chi connectivity index (χ1v) is 6.22. The van der Waals surface area contributed by atoms with Gasteiger partial charge in [0.25, 0.3) is 0 Å². The molecule has 2 N–H and O–H groups in total. The molecule has 3 rings (SSSR count). The Kier molecular flexibility index (Phi) is 2.83. The molecule has 96 valence electrons. The van der Waals surface area contributed by atoms with Gasteiger partial charge in [0.15, 0.2) is 5.15 Å². The minimum atomic E-state index is -0.815. The van der Waals surface area contributed by atoms with Gasteiger partial charge in [0.2, 0.25) is 0 Å². The Bertz CT molecular complexity index is 455. The van der Waals surface area contributed by atoms with Crippen LogP contribution in [-0.2, 0) is 6.54 Å². The van der Waals surface area contributed by atoms with Gasteiger partial charge in [-0.05, 0) is 24.0 Å². The largest absolute Gasteiger partial charge is 0.465 e. The molecule has 2 fully saturated rings. The number of likely N-dealkylation sites (tertiary alicyclic amines) is 1. The molecule has 18 heavy (non-hydrogen) atoms. The summed E-state index contributed by atoms with van der Waals surface area (Å²) in [5.74, 6) is 0.919. The van der Waals surface area contributed by atoms with Gasteiger partial charge in [0.1, 0.15) is 0 Å². The fourth-order valence-electron chi connectivity index (χ4n) is 2.65. The van der Waals surface area contributed by atoms with Crippen LogP contribution in [0.1, 0.15) is 5.69 Å². The van der Waals surface area contributed by atoms with Gasteiger partial charge in [-0.2, -0.15) is 5.10 Å². The van der Waals surface area contributed by atoms with E-state index in [1.807, 2.05) is 6.07 Å². The molecular formula is C11H13ClN4O2. The fraction of sp³-hybridized carbons (Fsp3) is 0.545. The van der Waals surface area contributed by atoms with Crippen molar-refractivity contribution in [2.75, 3.05) is 13.1 Å². The fourth-order valence-corrected chi connectivity index (χ4v) is 2.75. The maximum atomic E-state index is 10.8. The molecule has 0 spiro atoms. The number of halogens is 1. The summed E-state index contributed by atoms with van der Waals surface area (Å²) in [4.78, 5) is 12.2. The molecule has 1 aromatic heterocycles. The lowest BCUT2D eigenvalue weighted by atomic mass is 10.3. The van der Waals surface area contributed by atoms with Gasteiger partial charge in [-0.15, -0.1) is 5.10 Å². The molecule has 1 saturated carbocycles. The number of fused-ring (bicyclic) bond motifs is 1. The predicted octanol–water partition coefficient (Wildman–Crippen LogP) is 0.828. The first kappa shape index (κ1) is 11.7. The summed E-state index contributed by atoms with van der Waals surface area (Å²) < 4.78 is 0. The lowest BCUT2D eigenvalue weighted by molar-refractivity contribution is 0.149. The Labute approximate surface area is 109 Å². The molecule has 0 bridgehead atoms. The zero-order chi connectivity index (χ0) is 12.7. The number of hydrogen-bond acceptors (Lipinski definition) is 4. The SMILES string of the molecule is O=C(O)N1C[C@@H]2[C@H](C1)[C@@H]2NCc1ccc(Cl)nn1. The van der Waals surface area contributed by atoms with Crippen molar-refractivity contribution in [3.05, 3.63) is 23.0 Å². The summed E-state index contributed by atoms with van der Waals surface area (Å²) in [6.07, 6.45) is -0.815. The van der Waals surface area contributed by atoms with E-state index in [-0.39, 0.29) is 0 Å². The highest BCUT2D eigenvalue weighted by Crippen LogP contribution is 2.45. The molecule has 1 aromatic rings. The topological polar surface area (TPSA) is 78.4 Å². The van der Waals surface area contributed by atoms with E-state index in [9.17, 15) is 4.79 Å². The van der Waals surface area contributed by atoms with E-state index in [1.165, 1.54) is 4.90 Å². The van der Waals surface area contributed by atoms with Crippen LogP contribution in [-0.4, -0.2) is 45.4 Å². The first-order valence-electron chi connectivity index (χ1n) is 5.84.